The summed E-state index contributed by atoms with van der Waals surface area (Å²) in [6.45, 7) is 1.70. The molecule has 1 N–H and O–H groups in total. The van der Waals surface area contributed by atoms with Gasteiger partial charge in [-0.15, -0.1) is 0 Å². The Hall–Kier alpha value is -3.78. The SMILES string of the molecule is Cc1ccc(NC(=O)Cn2c(=O)n(CCc3ccccc3)c(=O)c3nccnc32)c(Cl)c1. The Balaban J connectivity index is 1.69. The zero-order valence-electron chi connectivity index (χ0n) is 17.3. The predicted molar refractivity (Wildman–Crippen MR) is 123 cm³/mol. The van der Waals surface area contributed by atoms with Crippen LogP contribution in [0.25, 0.3) is 11.2 Å². The highest BCUT2D eigenvalue weighted by Crippen LogP contribution is 2.22. The summed E-state index contributed by atoms with van der Waals surface area (Å²) in [6, 6.07) is 14.8. The standard InChI is InChI=1S/C23H20ClN5O3/c1-15-7-8-18(17(24)13-15)27-19(30)14-29-21-20(25-10-11-26-21)22(31)28(23(29)32)12-9-16-5-3-2-4-6-16/h2-8,10-11,13H,9,12,14H2,1H3,(H,27,30). The van der Waals surface area contributed by atoms with Crippen molar-refractivity contribution in [2.75, 3.05) is 5.32 Å². The number of nitrogens with one attached hydrogen (secondary N) is 1. The molecular formula is C23H20ClN5O3. The average Bonchev–Trinajstić information content (AvgIpc) is 2.79. The number of carbonyl (C=O) groups is 1. The maximum absolute atomic E-state index is 13.2. The Bertz CT molecular complexity index is 1410. The molecular weight excluding hydrogens is 430 g/mol. The number of hydrogen-bond donors (Lipinski definition) is 1. The monoisotopic (exact) mass is 449 g/mol. The number of nitrogens with zero attached hydrogens (tertiary/aromatic N) is 4. The molecule has 0 aliphatic rings. The van der Waals surface area contributed by atoms with Gasteiger partial charge in [-0.2, -0.15) is 0 Å². The van der Waals surface area contributed by atoms with Crippen LogP contribution in [0.3, 0.4) is 0 Å². The molecule has 4 aromatic rings. The molecule has 0 aliphatic heterocycles. The number of carbonyl (C=O) groups excluding carboxylic acids is 1. The van der Waals surface area contributed by atoms with Crippen molar-refractivity contribution in [3.8, 4) is 0 Å². The summed E-state index contributed by atoms with van der Waals surface area (Å²) in [5, 5.41) is 3.10. The maximum Gasteiger partial charge on any atom is 0.333 e. The first-order chi connectivity index (χ1) is 15.4. The molecule has 0 saturated carbocycles. The van der Waals surface area contributed by atoms with Gasteiger partial charge in [0, 0.05) is 18.9 Å². The molecule has 0 spiro atoms. The largest absolute Gasteiger partial charge is 0.333 e. The van der Waals surface area contributed by atoms with Crippen LogP contribution in [-0.4, -0.2) is 25.0 Å². The lowest BCUT2D eigenvalue weighted by molar-refractivity contribution is -0.116. The Morgan fingerprint density at radius 1 is 1.03 bits per heavy atom. The lowest BCUT2D eigenvalue weighted by atomic mass is 10.1. The molecule has 8 nitrogen and oxygen atoms in total. The highest BCUT2D eigenvalue weighted by molar-refractivity contribution is 6.33. The Labute approximate surface area is 188 Å². The topological polar surface area (TPSA) is 98.9 Å². The van der Waals surface area contributed by atoms with Crippen LogP contribution < -0.4 is 16.6 Å². The average molecular weight is 450 g/mol. The van der Waals surface area contributed by atoms with Crippen LogP contribution >= 0.6 is 11.6 Å². The number of hydrogen-bond acceptors (Lipinski definition) is 5. The van der Waals surface area contributed by atoms with E-state index < -0.39 is 17.2 Å². The van der Waals surface area contributed by atoms with Crippen LogP contribution in [-0.2, 0) is 24.3 Å². The predicted octanol–water partition coefficient (Wildman–Crippen LogP) is 2.80. The second-order valence-corrected chi connectivity index (χ2v) is 7.73. The summed E-state index contributed by atoms with van der Waals surface area (Å²) in [5.74, 6) is -0.474. The molecule has 1 amide bonds. The lowest BCUT2D eigenvalue weighted by Gasteiger charge is -2.13. The van der Waals surface area contributed by atoms with Crippen molar-refractivity contribution in [3.63, 3.8) is 0 Å². The van der Waals surface area contributed by atoms with E-state index in [1.807, 2.05) is 43.3 Å². The Kier molecular flexibility index (Phi) is 6.13. The third-order valence-electron chi connectivity index (χ3n) is 5.01. The van der Waals surface area contributed by atoms with Gasteiger partial charge in [-0.1, -0.05) is 48.0 Å². The number of halogens is 1. The van der Waals surface area contributed by atoms with E-state index in [1.54, 1.807) is 12.1 Å². The fraction of sp³-hybridized carbons (Fsp3) is 0.174. The van der Waals surface area contributed by atoms with E-state index in [1.165, 1.54) is 12.4 Å². The van der Waals surface area contributed by atoms with Crippen LogP contribution in [0, 0.1) is 6.92 Å². The molecule has 0 radical (unpaired) electrons. The molecule has 9 heteroatoms. The van der Waals surface area contributed by atoms with Crippen molar-refractivity contribution in [1.82, 2.24) is 19.1 Å². The van der Waals surface area contributed by atoms with Crippen molar-refractivity contribution in [2.45, 2.75) is 26.4 Å². The van der Waals surface area contributed by atoms with Crippen molar-refractivity contribution in [2.24, 2.45) is 0 Å². The Morgan fingerprint density at radius 2 is 1.78 bits per heavy atom. The molecule has 2 aromatic carbocycles. The van der Waals surface area contributed by atoms with Crippen LogP contribution in [0.5, 0.6) is 0 Å². The highest BCUT2D eigenvalue weighted by Gasteiger charge is 2.17. The van der Waals surface area contributed by atoms with Gasteiger partial charge in [-0.05, 0) is 36.6 Å². The van der Waals surface area contributed by atoms with E-state index in [9.17, 15) is 14.4 Å². The zero-order valence-corrected chi connectivity index (χ0v) is 18.0. The quantitative estimate of drug-likeness (QED) is 0.488. The molecule has 0 fully saturated rings. The summed E-state index contributed by atoms with van der Waals surface area (Å²) < 4.78 is 2.25. The van der Waals surface area contributed by atoms with Crippen LogP contribution in [0.1, 0.15) is 11.1 Å². The van der Waals surface area contributed by atoms with Gasteiger partial charge >= 0.3 is 5.69 Å². The number of benzene rings is 2. The minimum Gasteiger partial charge on any atom is -0.323 e. The van der Waals surface area contributed by atoms with E-state index in [4.69, 9.17) is 11.6 Å². The highest BCUT2D eigenvalue weighted by atomic mass is 35.5. The van der Waals surface area contributed by atoms with Crippen molar-refractivity contribution < 1.29 is 4.79 Å². The summed E-state index contributed by atoms with van der Waals surface area (Å²) in [4.78, 5) is 47.0. The number of fused-ring (bicyclic) bond motifs is 1. The molecule has 0 atom stereocenters. The first-order valence-corrected chi connectivity index (χ1v) is 10.4. The smallest absolute Gasteiger partial charge is 0.323 e. The fourth-order valence-electron chi connectivity index (χ4n) is 3.41. The van der Waals surface area contributed by atoms with Crippen LogP contribution in [0.15, 0.2) is 70.5 Å². The second-order valence-electron chi connectivity index (χ2n) is 7.32. The second kappa shape index (κ2) is 9.15. The normalized spacial score (nSPS) is 10.9. The first-order valence-electron chi connectivity index (χ1n) is 9.98. The maximum atomic E-state index is 13.2. The number of aromatic nitrogens is 4. The van der Waals surface area contributed by atoms with Gasteiger partial charge in [0.2, 0.25) is 5.91 Å². The summed E-state index contributed by atoms with van der Waals surface area (Å²) in [7, 11) is 0. The summed E-state index contributed by atoms with van der Waals surface area (Å²) >= 11 is 6.20. The van der Waals surface area contributed by atoms with E-state index in [0.717, 1.165) is 20.3 Å². The number of anilines is 1. The molecule has 162 valence electrons. The molecule has 2 heterocycles. The van der Waals surface area contributed by atoms with E-state index in [0.29, 0.717) is 17.1 Å². The minimum absolute atomic E-state index is 0.0290. The molecule has 4 rings (SSSR count). The molecule has 32 heavy (non-hydrogen) atoms. The van der Waals surface area contributed by atoms with Crippen LogP contribution in [0.4, 0.5) is 5.69 Å². The number of aryl methyl sites for hydroxylation is 2. The first kappa shape index (κ1) is 21.5. The zero-order chi connectivity index (χ0) is 22.7. The summed E-state index contributed by atoms with van der Waals surface area (Å²) in [6.07, 6.45) is 3.24. The number of amides is 1. The van der Waals surface area contributed by atoms with Gasteiger partial charge in [0.15, 0.2) is 11.2 Å². The number of rotatable bonds is 6. The van der Waals surface area contributed by atoms with Gasteiger partial charge in [-0.3, -0.25) is 18.7 Å². The van der Waals surface area contributed by atoms with Crippen molar-refractivity contribution in [3.05, 3.63) is 97.9 Å². The minimum atomic E-state index is -0.621. The van der Waals surface area contributed by atoms with Gasteiger partial charge in [0.25, 0.3) is 5.56 Å². The molecule has 0 aliphatic carbocycles. The molecule has 2 aromatic heterocycles. The van der Waals surface area contributed by atoms with Crippen LogP contribution in [0.2, 0.25) is 5.02 Å². The third kappa shape index (κ3) is 4.45. The third-order valence-corrected chi connectivity index (χ3v) is 5.32. The molecule has 0 bridgehead atoms. The van der Waals surface area contributed by atoms with Crippen molar-refractivity contribution >= 4 is 34.4 Å². The van der Waals surface area contributed by atoms with E-state index in [-0.39, 0.29) is 24.3 Å². The van der Waals surface area contributed by atoms with Gasteiger partial charge in [0.1, 0.15) is 6.54 Å². The van der Waals surface area contributed by atoms with Gasteiger partial charge < -0.3 is 5.32 Å². The van der Waals surface area contributed by atoms with Gasteiger partial charge in [-0.25, -0.2) is 14.8 Å². The van der Waals surface area contributed by atoms with Crippen molar-refractivity contribution in [1.29, 1.82) is 0 Å². The Morgan fingerprint density at radius 3 is 2.53 bits per heavy atom. The van der Waals surface area contributed by atoms with E-state index >= 15 is 0 Å². The lowest BCUT2D eigenvalue weighted by Crippen LogP contribution is -2.42. The molecule has 0 saturated heterocycles. The van der Waals surface area contributed by atoms with E-state index in [2.05, 4.69) is 15.3 Å². The fourth-order valence-corrected chi connectivity index (χ4v) is 3.69. The van der Waals surface area contributed by atoms with Gasteiger partial charge in [0.05, 0.1) is 10.7 Å². The molecule has 0 unspecified atom stereocenters. The summed E-state index contributed by atoms with van der Waals surface area (Å²) in [5.41, 5.74) is 1.30.